The molecule has 0 heterocycles. The smallest absolute Gasteiger partial charge is 0.306 e. The molecule has 0 amide bonds. The van der Waals surface area contributed by atoms with E-state index in [2.05, 4.69) is 135 Å². The predicted octanol–water partition coefficient (Wildman–Crippen LogP) is 21.4. The molecule has 5 nitrogen and oxygen atoms in total. The normalized spacial score (nSPS) is 13.1. The lowest BCUT2D eigenvalue weighted by molar-refractivity contribution is -0.161. The molecule has 1 N–H and O–H groups in total. The molecular formula is C69H116O5. The van der Waals surface area contributed by atoms with Crippen LogP contribution in [0.2, 0.25) is 0 Å². The molecule has 0 saturated carbocycles. The Morgan fingerprint density at radius 2 is 0.541 bits per heavy atom. The zero-order chi connectivity index (χ0) is 53.4. The zero-order valence-electron chi connectivity index (χ0n) is 48.3. The lowest BCUT2D eigenvalue weighted by atomic mass is 10.0. The van der Waals surface area contributed by atoms with Gasteiger partial charge in [-0.3, -0.25) is 9.59 Å². The van der Waals surface area contributed by atoms with E-state index in [0.29, 0.717) is 12.8 Å². The Bertz CT molecular complexity index is 1490. The van der Waals surface area contributed by atoms with Gasteiger partial charge < -0.3 is 14.6 Å². The number of allylic oxidation sites excluding steroid dienone is 20. The van der Waals surface area contributed by atoms with Crippen molar-refractivity contribution in [2.45, 2.75) is 290 Å². The van der Waals surface area contributed by atoms with E-state index in [0.717, 1.165) is 103 Å². The zero-order valence-corrected chi connectivity index (χ0v) is 48.3. The Morgan fingerprint density at radius 3 is 0.811 bits per heavy atom. The van der Waals surface area contributed by atoms with Gasteiger partial charge in [-0.25, -0.2) is 0 Å². The van der Waals surface area contributed by atoms with Crippen LogP contribution in [-0.4, -0.2) is 36.4 Å². The third kappa shape index (κ3) is 60.9. The van der Waals surface area contributed by atoms with Crippen molar-refractivity contribution in [3.8, 4) is 0 Å². The number of hydrogen-bond donors (Lipinski definition) is 1. The standard InChI is InChI=1S/C69H116O5/c1-3-5-7-9-11-13-15-17-19-21-23-25-27-29-31-33-34-36-37-39-41-43-45-47-49-51-53-55-57-59-61-63-68(71)73-66-67(65-70)74-69(72)64-62-60-58-56-54-52-50-48-46-44-42-40-38-35-32-30-28-26-24-22-20-18-16-14-12-10-8-6-4-2/h5-8,11-14,17-20,23-26,30,32,38,40,67,70H,3-4,9-10,15-16,21-22,27-29,31,33-37,39,41-66H2,1-2H3/b7-5-,8-6-,13-11-,14-12-,19-17-,20-18-,25-23-,26-24-,32-30-,40-38-. The highest BCUT2D eigenvalue weighted by Gasteiger charge is 2.16. The fourth-order valence-corrected chi connectivity index (χ4v) is 8.67. The first-order valence-electron chi connectivity index (χ1n) is 31.1. The molecule has 5 heteroatoms. The topological polar surface area (TPSA) is 72.8 Å². The maximum absolute atomic E-state index is 12.3. The summed E-state index contributed by atoms with van der Waals surface area (Å²) in [6.45, 7) is 3.93. The largest absolute Gasteiger partial charge is 0.462 e. The molecule has 0 aromatic rings. The van der Waals surface area contributed by atoms with Crippen LogP contribution in [0, 0.1) is 0 Å². The summed E-state index contributed by atoms with van der Waals surface area (Å²) in [7, 11) is 0. The lowest BCUT2D eigenvalue weighted by Gasteiger charge is -2.15. The Morgan fingerprint density at radius 1 is 0.311 bits per heavy atom. The van der Waals surface area contributed by atoms with Gasteiger partial charge in [0.05, 0.1) is 6.61 Å². The second kappa shape index (κ2) is 63.6. The number of aliphatic hydroxyl groups is 1. The highest BCUT2D eigenvalue weighted by molar-refractivity contribution is 5.70. The van der Waals surface area contributed by atoms with Crippen LogP contribution in [0.25, 0.3) is 0 Å². The summed E-state index contributed by atoms with van der Waals surface area (Å²) in [5.74, 6) is -0.592. The predicted molar refractivity (Wildman–Crippen MR) is 325 cm³/mol. The number of ether oxygens (including phenoxy) is 2. The van der Waals surface area contributed by atoms with Crippen LogP contribution >= 0.6 is 0 Å². The molecule has 0 aliphatic rings. The van der Waals surface area contributed by atoms with Crippen molar-refractivity contribution in [1.82, 2.24) is 0 Å². The monoisotopic (exact) mass is 1020 g/mol. The van der Waals surface area contributed by atoms with E-state index in [-0.39, 0.29) is 25.2 Å². The minimum Gasteiger partial charge on any atom is -0.462 e. The van der Waals surface area contributed by atoms with Crippen LogP contribution in [0.3, 0.4) is 0 Å². The molecule has 422 valence electrons. The maximum Gasteiger partial charge on any atom is 0.306 e. The summed E-state index contributed by atoms with van der Waals surface area (Å²) in [6, 6.07) is 0. The van der Waals surface area contributed by atoms with Crippen molar-refractivity contribution < 1.29 is 24.2 Å². The summed E-state index contributed by atoms with van der Waals surface area (Å²) in [4.78, 5) is 24.6. The molecule has 0 aliphatic carbocycles. The minimum absolute atomic E-state index is 0.0712. The van der Waals surface area contributed by atoms with Gasteiger partial charge in [-0.1, -0.05) is 289 Å². The van der Waals surface area contributed by atoms with Gasteiger partial charge in [0.1, 0.15) is 6.61 Å². The number of carbonyl (C=O) groups excluding carboxylic acids is 2. The summed E-state index contributed by atoms with van der Waals surface area (Å²) in [5, 5.41) is 9.68. The van der Waals surface area contributed by atoms with Crippen molar-refractivity contribution in [3.05, 3.63) is 122 Å². The van der Waals surface area contributed by atoms with Crippen LogP contribution < -0.4 is 0 Å². The fraction of sp³-hybridized carbons (Fsp3) is 0.681. The molecule has 1 unspecified atom stereocenters. The first-order chi connectivity index (χ1) is 36.6. The number of aliphatic hydroxyl groups excluding tert-OH is 1. The molecule has 0 aromatic carbocycles. The molecule has 0 fully saturated rings. The Hall–Kier alpha value is -3.70. The number of unbranched alkanes of at least 4 members (excludes halogenated alkanes) is 28. The molecule has 0 aromatic heterocycles. The van der Waals surface area contributed by atoms with Gasteiger partial charge in [-0.05, 0) is 103 Å². The molecule has 74 heavy (non-hydrogen) atoms. The van der Waals surface area contributed by atoms with E-state index >= 15 is 0 Å². The molecule has 0 bridgehead atoms. The van der Waals surface area contributed by atoms with Crippen molar-refractivity contribution >= 4 is 11.9 Å². The lowest BCUT2D eigenvalue weighted by Crippen LogP contribution is -2.28. The molecule has 0 rings (SSSR count). The van der Waals surface area contributed by atoms with Crippen LogP contribution in [0.1, 0.15) is 284 Å². The second-order valence-corrected chi connectivity index (χ2v) is 20.4. The number of esters is 2. The number of hydrogen-bond acceptors (Lipinski definition) is 5. The molecule has 0 aliphatic heterocycles. The van der Waals surface area contributed by atoms with Crippen molar-refractivity contribution in [2.24, 2.45) is 0 Å². The van der Waals surface area contributed by atoms with Crippen LogP contribution in [0.5, 0.6) is 0 Å². The van der Waals surface area contributed by atoms with Gasteiger partial charge in [-0.15, -0.1) is 0 Å². The van der Waals surface area contributed by atoms with Crippen molar-refractivity contribution in [3.63, 3.8) is 0 Å². The third-order valence-electron chi connectivity index (χ3n) is 13.3. The third-order valence-corrected chi connectivity index (χ3v) is 13.3. The van der Waals surface area contributed by atoms with E-state index < -0.39 is 6.10 Å². The summed E-state index contributed by atoms with van der Waals surface area (Å²) in [5.41, 5.74) is 0. The van der Waals surface area contributed by atoms with Gasteiger partial charge in [0, 0.05) is 12.8 Å². The average Bonchev–Trinajstić information content (AvgIpc) is 3.40. The average molecular weight is 1030 g/mol. The van der Waals surface area contributed by atoms with Gasteiger partial charge >= 0.3 is 11.9 Å². The van der Waals surface area contributed by atoms with Crippen LogP contribution in [-0.2, 0) is 19.1 Å². The molecule has 0 spiro atoms. The molecule has 0 radical (unpaired) electrons. The van der Waals surface area contributed by atoms with Crippen molar-refractivity contribution in [1.29, 1.82) is 0 Å². The Balaban J connectivity index is 3.50. The fourth-order valence-electron chi connectivity index (χ4n) is 8.67. The summed E-state index contributed by atoms with van der Waals surface area (Å²) >= 11 is 0. The summed E-state index contributed by atoms with van der Waals surface area (Å²) in [6.07, 6.45) is 93.3. The van der Waals surface area contributed by atoms with E-state index in [1.165, 1.54) is 154 Å². The maximum atomic E-state index is 12.3. The van der Waals surface area contributed by atoms with E-state index in [1.54, 1.807) is 0 Å². The first kappa shape index (κ1) is 70.3. The van der Waals surface area contributed by atoms with E-state index in [4.69, 9.17) is 9.47 Å². The van der Waals surface area contributed by atoms with Crippen LogP contribution in [0.15, 0.2) is 122 Å². The number of carbonyl (C=O) groups is 2. The number of rotatable bonds is 56. The quantitative estimate of drug-likeness (QED) is 0.0373. The molecular weight excluding hydrogens is 909 g/mol. The molecule has 0 saturated heterocycles. The van der Waals surface area contributed by atoms with E-state index in [9.17, 15) is 14.7 Å². The van der Waals surface area contributed by atoms with Crippen LogP contribution in [0.4, 0.5) is 0 Å². The van der Waals surface area contributed by atoms with Gasteiger partial charge in [0.2, 0.25) is 0 Å². The second-order valence-electron chi connectivity index (χ2n) is 20.4. The highest BCUT2D eigenvalue weighted by atomic mass is 16.6. The SMILES string of the molecule is CC/C=C\C/C=C\C/C=C\C/C=C\C/C=C\C/C=C\CCCCCCCCCCCCC(=O)OC(CO)COC(=O)CCCCCCCCCCCCCCCCCCCC/C=C\C/C=C\C/C=C\C/C=C\CC. The first-order valence-corrected chi connectivity index (χ1v) is 31.1. The highest BCUT2D eigenvalue weighted by Crippen LogP contribution is 2.17. The van der Waals surface area contributed by atoms with E-state index in [1.807, 2.05) is 0 Å². The Kier molecular flexibility index (Phi) is 60.4. The molecule has 1 atom stereocenters. The van der Waals surface area contributed by atoms with Crippen molar-refractivity contribution in [2.75, 3.05) is 13.2 Å². The summed E-state index contributed by atoms with van der Waals surface area (Å²) < 4.78 is 10.7. The van der Waals surface area contributed by atoms with Gasteiger partial charge in [-0.2, -0.15) is 0 Å². The minimum atomic E-state index is -0.782. The van der Waals surface area contributed by atoms with Gasteiger partial charge in [0.25, 0.3) is 0 Å². The van der Waals surface area contributed by atoms with Gasteiger partial charge in [0.15, 0.2) is 6.10 Å². The Labute approximate surface area is 458 Å².